The van der Waals surface area contributed by atoms with Gasteiger partial charge in [0.05, 0.1) is 5.56 Å². The van der Waals surface area contributed by atoms with Crippen molar-refractivity contribution in [3.05, 3.63) is 35.1 Å². The molecule has 0 aliphatic heterocycles. The molecule has 0 heterocycles. The van der Waals surface area contributed by atoms with Crippen LogP contribution >= 0.6 is 0 Å². The van der Waals surface area contributed by atoms with Crippen LogP contribution in [0.5, 0.6) is 0 Å². The summed E-state index contributed by atoms with van der Waals surface area (Å²) in [5, 5.41) is 0. The lowest BCUT2D eigenvalue weighted by Crippen LogP contribution is -2.16. The van der Waals surface area contributed by atoms with Crippen molar-refractivity contribution in [3.63, 3.8) is 0 Å². The maximum Gasteiger partial charge on any atom is 0.168 e. The van der Waals surface area contributed by atoms with Crippen LogP contribution in [0.15, 0.2) is 12.1 Å². The van der Waals surface area contributed by atoms with Crippen molar-refractivity contribution in [1.82, 2.24) is 0 Å². The lowest BCUT2D eigenvalue weighted by Gasteiger charge is -2.13. The molecule has 4 heteroatoms. The minimum absolute atomic E-state index is 0.329. The van der Waals surface area contributed by atoms with E-state index < -0.39 is 23.2 Å². The van der Waals surface area contributed by atoms with Crippen LogP contribution in [0.1, 0.15) is 49.9 Å². The van der Waals surface area contributed by atoms with Crippen molar-refractivity contribution in [1.29, 1.82) is 0 Å². The zero-order valence-electron chi connectivity index (χ0n) is 10.6. The topological polar surface area (TPSA) is 17.1 Å². The highest BCUT2D eigenvalue weighted by Crippen LogP contribution is 2.22. The highest BCUT2D eigenvalue weighted by Gasteiger charge is 2.22. The zero-order chi connectivity index (χ0) is 13.7. The van der Waals surface area contributed by atoms with E-state index in [4.69, 9.17) is 0 Å². The Labute approximate surface area is 105 Å². The van der Waals surface area contributed by atoms with Gasteiger partial charge in [-0.3, -0.25) is 4.79 Å². The fourth-order valence-electron chi connectivity index (χ4n) is 1.90. The highest BCUT2D eigenvalue weighted by molar-refractivity contribution is 5.98. The predicted molar refractivity (Wildman–Crippen MR) is 64.0 cm³/mol. The van der Waals surface area contributed by atoms with Gasteiger partial charge in [-0.05, 0) is 18.9 Å². The molecule has 1 unspecified atom stereocenters. The van der Waals surface area contributed by atoms with Gasteiger partial charge in [-0.25, -0.2) is 13.2 Å². The molecule has 0 bridgehead atoms. The van der Waals surface area contributed by atoms with Gasteiger partial charge in [0.25, 0.3) is 0 Å². The molecule has 0 aliphatic carbocycles. The summed E-state index contributed by atoms with van der Waals surface area (Å²) >= 11 is 0. The minimum Gasteiger partial charge on any atom is -0.294 e. The van der Waals surface area contributed by atoms with Crippen LogP contribution in [0.3, 0.4) is 0 Å². The van der Waals surface area contributed by atoms with E-state index in [1.807, 2.05) is 13.8 Å². The first-order valence-electron chi connectivity index (χ1n) is 6.20. The normalized spacial score (nSPS) is 12.5. The molecule has 1 aromatic carbocycles. The molecule has 0 fully saturated rings. The Hall–Kier alpha value is -1.32. The van der Waals surface area contributed by atoms with Crippen molar-refractivity contribution in [3.8, 4) is 0 Å². The molecule has 1 nitrogen and oxygen atoms in total. The molecular formula is C14H17F3O. The first kappa shape index (κ1) is 14.7. The zero-order valence-corrected chi connectivity index (χ0v) is 10.6. The van der Waals surface area contributed by atoms with Crippen LogP contribution in [0.4, 0.5) is 13.2 Å². The monoisotopic (exact) mass is 258 g/mol. The van der Waals surface area contributed by atoms with Crippen LogP contribution in [-0.2, 0) is 0 Å². The van der Waals surface area contributed by atoms with Crippen LogP contribution in [-0.4, -0.2) is 5.78 Å². The van der Waals surface area contributed by atoms with E-state index in [9.17, 15) is 18.0 Å². The fourth-order valence-corrected chi connectivity index (χ4v) is 1.90. The lowest BCUT2D eigenvalue weighted by atomic mass is 9.90. The van der Waals surface area contributed by atoms with Gasteiger partial charge in [0, 0.05) is 12.0 Å². The third-order valence-corrected chi connectivity index (χ3v) is 3.05. The summed E-state index contributed by atoms with van der Waals surface area (Å²) in [4.78, 5) is 12.0. The second-order valence-corrected chi connectivity index (χ2v) is 4.36. The summed E-state index contributed by atoms with van der Waals surface area (Å²) < 4.78 is 39.3. The fraction of sp³-hybridized carbons (Fsp3) is 0.500. The minimum atomic E-state index is -1.27. The van der Waals surface area contributed by atoms with E-state index >= 15 is 0 Å². The number of hydrogen-bond acceptors (Lipinski definition) is 1. The van der Waals surface area contributed by atoms with Crippen LogP contribution in [0.25, 0.3) is 0 Å². The summed E-state index contributed by atoms with van der Waals surface area (Å²) in [7, 11) is 0. The number of carbonyl (C=O) groups excluding carboxylic acids is 1. The molecule has 0 aromatic heterocycles. The van der Waals surface area contributed by atoms with Gasteiger partial charge in [-0.15, -0.1) is 0 Å². The molecule has 1 atom stereocenters. The third-order valence-electron chi connectivity index (χ3n) is 3.05. The Morgan fingerprint density at radius 1 is 1.11 bits per heavy atom. The van der Waals surface area contributed by atoms with Crippen LogP contribution in [0, 0.1) is 23.4 Å². The first-order chi connectivity index (χ1) is 8.51. The van der Waals surface area contributed by atoms with Gasteiger partial charge in [-0.1, -0.05) is 26.7 Å². The maximum atomic E-state index is 13.5. The van der Waals surface area contributed by atoms with E-state index in [0.29, 0.717) is 25.0 Å². The Bertz CT molecular complexity index is 429. The predicted octanol–water partition coefficient (Wildman–Crippen LogP) is 4.50. The smallest absolute Gasteiger partial charge is 0.168 e. The van der Waals surface area contributed by atoms with Gasteiger partial charge in [0.2, 0.25) is 0 Å². The van der Waals surface area contributed by atoms with Gasteiger partial charge < -0.3 is 0 Å². The number of benzene rings is 1. The van der Waals surface area contributed by atoms with Crippen molar-refractivity contribution in [2.24, 2.45) is 5.92 Å². The molecule has 0 radical (unpaired) electrons. The molecular weight excluding hydrogens is 241 g/mol. The van der Waals surface area contributed by atoms with E-state index in [0.717, 1.165) is 12.8 Å². The number of ketones is 1. The van der Waals surface area contributed by atoms with E-state index in [-0.39, 0.29) is 11.5 Å². The van der Waals surface area contributed by atoms with E-state index in [1.54, 1.807) is 0 Å². The number of rotatable bonds is 6. The van der Waals surface area contributed by atoms with Gasteiger partial charge in [0.15, 0.2) is 17.4 Å². The molecule has 0 amide bonds. The molecule has 0 saturated carbocycles. The van der Waals surface area contributed by atoms with Gasteiger partial charge in [-0.2, -0.15) is 0 Å². The highest BCUT2D eigenvalue weighted by atomic mass is 19.2. The molecule has 18 heavy (non-hydrogen) atoms. The maximum absolute atomic E-state index is 13.5. The number of halogens is 3. The van der Waals surface area contributed by atoms with E-state index in [1.165, 1.54) is 0 Å². The van der Waals surface area contributed by atoms with Crippen molar-refractivity contribution in [2.75, 3.05) is 0 Å². The average Bonchev–Trinajstić information content (AvgIpc) is 2.34. The summed E-state index contributed by atoms with van der Waals surface area (Å²) in [6.07, 6.45) is 3.00. The largest absolute Gasteiger partial charge is 0.294 e. The Morgan fingerprint density at radius 3 is 2.28 bits per heavy atom. The summed E-state index contributed by atoms with van der Waals surface area (Å²) in [6, 6.07) is 1.08. The summed E-state index contributed by atoms with van der Waals surface area (Å²) in [5.74, 6) is -4.23. The molecule has 0 N–H and O–H groups in total. The van der Waals surface area contributed by atoms with Gasteiger partial charge in [0.1, 0.15) is 5.82 Å². The van der Waals surface area contributed by atoms with Crippen molar-refractivity contribution < 1.29 is 18.0 Å². The van der Waals surface area contributed by atoms with Crippen LogP contribution < -0.4 is 0 Å². The number of unbranched alkanes of at least 4 members (excludes halogenated alkanes) is 1. The van der Waals surface area contributed by atoms with Crippen molar-refractivity contribution in [2.45, 2.75) is 39.5 Å². The Kier molecular flexibility index (Phi) is 5.38. The van der Waals surface area contributed by atoms with Crippen LogP contribution in [0.2, 0.25) is 0 Å². The number of Topliss-reactive ketones (excluding diaryl/α,β-unsaturated/α-hetero) is 1. The molecule has 1 aromatic rings. The average molecular weight is 258 g/mol. The molecule has 0 spiro atoms. The lowest BCUT2D eigenvalue weighted by molar-refractivity contribution is 0.0903. The van der Waals surface area contributed by atoms with Gasteiger partial charge >= 0.3 is 0 Å². The quantitative estimate of drug-likeness (QED) is 0.542. The molecule has 0 saturated heterocycles. The molecule has 1 rings (SSSR count). The molecule has 0 aliphatic rings. The molecule has 100 valence electrons. The second-order valence-electron chi connectivity index (χ2n) is 4.36. The third kappa shape index (κ3) is 3.34. The standard InChI is InChI=1S/C14H17F3O/c1-3-5-6-9(4-2)14(18)10-7-12(16)13(17)8-11(10)15/h7-9H,3-6H2,1-2H3. The summed E-state index contributed by atoms with van der Waals surface area (Å²) in [6.45, 7) is 3.82. The number of carbonyl (C=O) groups is 1. The van der Waals surface area contributed by atoms with Crippen molar-refractivity contribution >= 4 is 5.78 Å². The Balaban J connectivity index is 2.98. The summed E-state index contributed by atoms with van der Waals surface area (Å²) in [5.41, 5.74) is -0.350. The van der Waals surface area contributed by atoms with E-state index in [2.05, 4.69) is 0 Å². The Morgan fingerprint density at radius 2 is 1.72 bits per heavy atom. The SMILES string of the molecule is CCCCC(CC)C(=O)c1cc(F)c(F)cc1F. The first-order valence-corrected chi connectivity index (χ1v) is 6.20. The number of hydrogen-bond donors (Lipinski definition) is 0. The second kappa shape index (κ2) is 6.57.